The van der Waals surface area contributed by atoms with Crippen LogP contribution in [-0.2, 0) is 9.53 Å². The molecule has 6 heteroatoms. The van der Waals surface area contributed by atoms with Gasteiger partial charge in [-0.05, 0) is 13.3 Å². The quantitative estimate of drug-likeness (QED) is 0.445. The number of carbonyl (C=O) groups is 1. The average molecular weight is 303 g/mol. The third-order valence-corrected chi connectivity index (χ3v) is 3.59. The number of nitrogens with zero attached hydrogens (tertiary/aromatic N) is 3. The molecular weight excluding hydrogens is 286 g/mol. The fourth-order valence-corrected chi connectivity index (χ4v) is 2.45. The minimum atomic E-state index is -0.157. The van der Waals surface area contributed by atoms with E-state index < -0.39 is 0 Å². The van der Waals surface area contributed by atoms with Crippen molar-refractivity contribution in [3.8, 4) is 11.3 Å². The van der Waals surface area contributed by atoms with Gasteiger partial charge in [0.15, 0.2) is 0 Å². The van der Waals surface area contributed by atoms with Crippen LogP contribution >= 0.6 is 11.8 Å². The number of ether oxygens (including phenoxy) is 1. The molecule has 0 N–H and O–H groups in total. The number of aromatic nitrogens is 3. The Balaban J connectivity index is 1.86. The van der Waals surface area contributed by atoms with Gasteiger partial charge in [0.1, 0.15) is 0 Å². The van der Waals surface area contributed by atoms with Gasteiger partial charge in [0.25, 0.3) is 0 Å². The van der Waals surface area contributed by atoms with E-state index in [0.29, 0.717) is 18.2 Å². The van der Waals surface area contributed by atoms with E-state index in [1.807, 2.05) is 30.3 Å². The summed E-state index contributed by atoms with van der Waals surface area (Å²) in [7, 11) is 0. The zero-order valence-electron chi connectivity index (χ0n) is 11.9. The average Bonchev–Trinajstić information content (AvgIpc) is 2.53. The first kappa shape index (κ1) is 15.4. The predicted octanol–water partition coefficient (Wildman–Crippen LogP) is 2.97. The fraction of sp³-hybridized carbons (Fsp3) is 0.333. The highest BCUT2D eigenvalue weighted by molar-refractivity contribution is 7.99. The molecule has 110 valence electrons. The van der Waals surface area contributed by atoms with Gasteiger partial charge in [-0.1, -0.05) is 42.1 Å². The summed E-state index contributed by atoms with van der Waals surface area (Å²) in [6.07, 6.45) is 2.81. The molecule has 0 fully saturated rings. The van der Waals surface area contributed by atoms with Crippen molar-refractivity contribution in [2.45, 2.75) is 24.9 Å². The Morgan fingerprint density at radius 2 is 2.10 bits per heavy atom. The zero-order chi connectivity index (χ0) is 14.9. The Kier molecular flexibility index (Phi) is 6.15. The molecule has 1 aromatic heterocycles. The summed E-state index contributed by atoms with van der Waals surface area (Å²) in [4.78, 5) is 15.7. The molecule has 1 aromatic carbocycles. The van der Waals surface area contributed by atoms with Crippen molar-refractivity contribution in [1.29, 1.82) is 0 Å². The van der Waals surface area contributed by atoms with Crippen LogP contribution < -0.4 is 0 Å². The monoisotopic (exact) mass is 303 g/mol. The van der Waals surface area contributed by atoms with Crippen molar-refractivity contribution in [2.75, 3.05) is 12.4 Å². The van der Waals surface area contributed by atoms with Crippen LogP contribution in [0, 0.1) is 0 Å². The molecule has 0 aliphatic rings. The van der Waals surface area contributed by atoms with Crippen molar-refractivity contribution >= 4 is 17.7 Å². The Bertz CT molecular complexity index is 578. The molecule has 0 aliphatic heterocycles. The smallest absolute Gasteiger partial charge is 0.305 e. The second-order valence-corrected chi connectivity index (χ2v) is 5.31. The lowest BCUT2D eigenvalue weighted by Crippen LogP contribution is -2.04. The first-order valence-electron chi connectivity index (χ1n) is 6.83. The molecule has 0 radical (unpaired) electrons. The Morgan fingerprint density at radius 1 is 1.29 bits per heavy atom. The summed E-state index contributed by atoms with van der Waals surface area (Å²) in [6, 6.07) is 9.86. The number of hydrogen-bond acceptors (Lipinski definition) is 6. The van der Waals surface area contributed by atoms with Gasteiger partial charge in [0, 0.05) is 17.7 Å². The molecule has 0 saturated carbocycles. The molecule has 0 bridgehead atoms. The highest BCUT2D eigenvalue weighted by Gasteiger charge is 2.05. The van der Waals surface area contributed by atoms with Crippen LogP contribution in [0.5, 0.6) is 0 Å². The zero-order valence-corrected chi connectivity index (χ0v) is 12.7. The van der Waals surface area contributed by atoms with Gasteiger partial charge >= 0.3 is 5.97 Å². The van der Waals surface area contributed by atoms with Crippen LogP contribution in [0.4, 0.5) is 0 Å². The Hall–Kier alpha value is -1.95. The first-order valence-corrected chi connectivity index (χ1v) is 7.81. The van der Waals surface area contributed by atoms with Gasteiger partial charge in [0.05, 0.1) is 18.5 Å². The van der Waals surface area contributed by atoms with Crippen molar-refractivity contribution in [1.82, 2.24) is 15.2 Å². The second-order valence-electron chi connectivity index (χ2n) is 4.25. The maximum atomic E-state index is 11.2. The van der Waals surface area contributed by atoms with E-state index >= 15 is 0 Å². The first-order chi connectivity index (χ1) is 10.3. The third kappa shape index (κ3) is 5.15. The predicted molar refractivity (Wildman–Crippen MR) is 81.9 cm³/mol. The van der Waals surface area contributed by atoms with Crippen LogP contribution in [0.2, 0.25) is 0 Å². The maximum Gasteiger partial charge on any atom is 0.305 e. The summed E-state index contributed by atoms with van der Waals surface area (Å²) in [5.74, 6) is 0.605. The SMILES string of the molecule is CCOC(=O)CCCSc1nncc(-c2ccccc2)n1. The van der Waals surface area contributed by atoms with Crippen LogP contribution in [0.3, 0.4) is 0 Å². The number of benzene rings is 1. The molecule has 21 heavy (non-hydrogen) atoms. The number of rotatable bonds is 7. The molecule has 0 amide bonds. The van der Waals surface area contributed by atoms with Crippen molar-refractivity contribution in [2.24, 2.45) is 0 Å². The van der Waals surface area contributed by atoms with Crippen molar-refractivity contribution < 1.29 is 9.53 Å². The topological polar surface area (TPSA) is 65.0 Å². The Labute approximate surface area is 128 Å². The molecule has 0 atom stereocenters. The number of esters is 1. The maximum absolute atomic E-state index is 11.2. The van der Waals surface area contributed by atoms with Gasteiger partial charge in [-0.15, -0.1) is 5.10 Å². The second kappa shape index (κ2) is 8.36. The van der Waals surface area contributed by atoms with Crippen LogP contribution in [0.15, 0.2) is 41.7 Å². The molecule has 2 rings (SSSR count). The van der Waals surface area contributed by atoms with E-state index in [1.54, 1.807) is 13.1 Å². The summed E-state index contributed by atoms with van der Waals surface area (Å²) < 4.78 is 4.88. The van der Waals surface area contributed by atoms with E-state index in [1.165, 1.54) is 11.8 Å². The summed E-state index contributed by atoms with van der Waals surface area (Å²) in [5, 5.41) is 8.61. The highest BCUT2D eigenvalue weighted by Crippen LogP contribution is 2.19. The summed E-state index contributed by atoms with van der Waals surface area (Å²) in [6.45, 7) is 2.24. The van der Waals surface area contributed by atoms with Gasteiger partial charge in [0.2, 0.25) is 5.16 Å². The molecule has 0 spiro atoms. The van der Waals surface area contributed by atoms with Gasteiger partial charge in [-0.25, -0.2) is 4.98 Å². The molecule has 0 aliphatic carbocycles. The molecular formula is C15H17N3O2S. The lowest BCUT2D eigenvalue weighted by Gasteiger charge is -2.03. The number of thioether (sulfide) groups is 1. The van der Waals surface area contributed by atoms with Crippen molar-refractivity contribution in [3.05, 3.63) is 36.5 Å². The van der Waals surface area contributed by atoms with E-state index in [2.05, 4.69) is 15.2 Å². The van der Waals surface area contributed by atoms with E-state index in [9.17, 15) is 4.79 Å². The third-order valence-electron chi connectivity index (χ3n) is 2.67. The van der Waals surface area contributed by atoms with Crippen LogP contribution in [0.1, 0.15) is 19.8 Å². The van der Waals surface area contributed by atoms with Crippen molar-refractivity contribution in [3.63, 3.8) is 0 Å². The van der Waals surface area contributed by atoms with Gasteiger partial charge < -0.3 is 4.74 Å². The lowest BCUT2D eigenvalue weighted by molar-refractivity contribution is -0.143. The lowest BCUT2D eigenvalue weighted by atomic mass is 10.2. The minimum Gasteiger partial charge on any atom is -0.466 e. The van der Waals surface area contributed by atoms with Crippen LogP contribution in [0.25, 0.3) is 11.3 Å². The highest BCUT2D eigenvalue weighted by atomic mass is 32.2. The molecule has 2 aromatic rings. The normalized spacial score (nSPS) is 10.3. The minimum absolute atomic E-state index is 0.157. The largest absolute Gasteiger partial charge is 0.466 e. The van der Waals surface area contributed by atoms with E-state index in [4.69, 9.17) is 4.74 Å². The van der Waals surface area contributed by atoms with Gasteiger partial charge in [-0.3, -0.25) is 4.79 Å². The Morgan fingerprint density at radius 3 is 2.86 bits per heavy atom. The standard InChI is InChI=1S/C15H17N3O2S/c1-2-20-14(19)9-6-10-21-15-17-13(11-16-18-15)12-7-4-3-5-8-12/h3-5,7-8,11H,2,6,9-10H2,1H3. The molecule has 1 heterocycles. The summed E-state index contributed by atoms with van der Waals surface area (Å²) >= 11 is 1.50. The molecule has 5 nitrogen and oxygen atoms in total. The molecule has 0 unspecified atom stereocenters. The number of carbonyl (C=O) groups excluding carboxylic acids is 1. The van der Waals surface area contributed by atoms with E-state index in [0.717, 1.165) is 23.4 Å². The van der Waals surface area contributed by atoms with Gasteiger partial charge in [-0.2, -0.15) is 5.10 Å². The van der Waals surface area contributed by atoms with Crippen LogP contribution in [-0.4, -0.2) is 33.5 Å². The number of hydrogen-bond donors (Lipinski definition) is 0. The molecule has 0 saturated heterocycles. The fourth-order valence-electron chi connectivity index (χ4n) is 1.71. The van der Waals surface area contributed by atoms with E-state index in [-0.39, 0.29) is 5.97 Å². The summed E-state index contributed by atoms with van der Waals surface area (Å²) in [5.41, 5.74) is 1.82.